The summed E-state index contributed by atoms with van der Waals surface area (Å²) in [4.78, 5) is 29.1. The number of carbonyl (C=O) groups excluding carboxylic acids is 2. The minimum Gasteiger partial charge on any atom is -0.346 e. The largest absolute Gasteiger partial charge is 0.346 e. The van der Waals surface area contributed by atoms with E-state index in [-0.39, 0.29) is 24.3 Å². The van der Waals surface area contributed by atoms with Crippen molar-refractivity contribution in [2.75, 3.05) is 0 Å². The van der Waals surface area contributed by atoms with Gasteiger partial charge in [-0.2, -0.15) is 0 Å². The first-order valence-electron chi connectivity index (χ1n) is 8.74. The molecule has 0 bridgehead atoms. The van der Waals surface area contributed by atoms with Crippen LogP contribution < -0.4 is 10.6 Å². The molecule has 0 aliphatic heterocycles. The zero-order chi connectivity index (χ0) is 18.9. The van der Waals surface area contributed by atoms with E-state index in [2.05, 4.69) is 15.6 Å². The summed E-state index contributed by atoms with van der Waals surface area (Å²) in [6, 6.07) is 12.1. The van der Waals surface area contributed by atoms with Gasteiger partial charge in [0.1, 0.15) is 6.04 Å². The Kier molecular flexibility index (Phi) is 7.60. The summed E-state index contributed by atoms with van der Waals surface area (Å²) < 4.78 is 0. The molecule has 6 heteroatoms. The molecule has 2 rings (SSSR count). The monoisotopic (exact) mass is 373 g/mol. The predicted molar refractivity (Wildman–Crippen MR) is 103 cm³/mol. The summed E-state index contributed by atoms with van der Waals surface area (Å²) >= 11 is 5.84. The van der Waals surface area contributed by atoms with Gasteiger partial charge < -0.3 is 10.6 Å². The molecule has 2 aromatic rings. The molecule has 0 saturated carbocycles. The third kappa shape index (κ3) is 6.15. The molecule has 1 aromatic carbocycles. The second-order valence-electron chi connectivity index (χ2n) is 6.20. The first kappa shape index (κ1) is 19.9. The molecule has 0 fully saturated rings. The summed E-state index contributed by atoms with van der Waals surface area (Å²) in [7, 11) is 0. The van der Waals surface area contributed by atoms with E-state index in [1.807, 2.05) is 44.2 Å². The molecule has 2 amide bonds. The minimum atomic E-state index is -0.564. The molecule has 138 valence electrons. The molecule has 0 aliphatic rings. The van der Waals surface area contributed by atoms with Gasteiger partial charge in [0, 0.05) is 6.20 Å². The first-order chi connectivity index (χ1) is 12.5. The van der Waals surface area contributed by atoms with Gasteiger partial charge in [0.05, 0.1) is 23.2 Å². The highest BCUT2D eigenvalue weighted by molar-refractivity contribution is 6.30. The fraction of sp³-hybridized carbons (Fsp3) is 0.350. The van der Waals surface area contributed by atoms with Crippen LogP contribution in [0, 0.1) is 0 Å². The predicted octanol–water partition coefficient (Wildman–Crippen LogP) is 3.44. The van der Waals surface area contributed by atoms with E-state index in [0.717, 1.165) is 12.0 Å². The van der Waals surface area contributed by atoms with Crippen LogP contribution in [0.15, 0.2) is 48.7 Å². The number of carbonyl (C=O) groups is 2. The second-order valence-corrected chi connectivity index (χ2v) is 6.64. The highest BCUT2D eigenvalue weighted by atomic mass is 35.5. The Morgan fingerprint density at radius 1 is 1.12 bits per heavy atom. The molecule has 5 nitrogen and oxygen atoms in total. The van der Waals surface area contributed by atoms with Gasteiger partial charge in [0.2, 0.25) is 11.8 Å². The molecular formula is C20H24ClN3O2. The smallest absolute Gasteiger partial charge is 0.243 e. The number of nitrogens with zero attached hydrogens (tertiary/aromatic N) is 1. The zero-order valence-corrected chi connectivity index (χ0v) is 15.8. The van der Waals surface area contributed by atoms with E-state index in [0.29, 0.717) is 17.1 Å². The average Bonchev–Trinajstić information content (AvgIpc) is 2.62. The fourth-order valence-electron chi connectivity index (χ4n) is 2.62. The zero-order valence-electron chi connectivity index (χ0n) is 15.0. The second kappa shape index (κ2) is 9.92. The molecule has 0 unspecified atom stereocenters. The maximum atomic E-state index is 12.6. The van der Waals surface area contributed by atoms with Crippen molar-refractivity contribution < 1.29 is 9.59 Å². The van der Waals surface area contributed by atoms with E-state index in [9.17, 15) is 9.59 Å². The van der Waals surface area contributed by atoms with Gasteiger partial charge in [-0.15, -0.1) is 0 Å². The van der Waals surface area contributed by atoms with Crippen LogP contribution >= 0.6 is 11.6 Å². The molecule has 2 atom stereocenters. The van der Waals surface area contributed by atoms with Gasteiger partial charge in [-0.25, -0.2) is 0 Å². The molecule has 0 spiro atoms. The Morgan fingerprint density at radius 3 is 2.46 bits per heavy atom. The van der Waals surface area contributed by atoms with Crippen molar-refractivity contribution in [1.82, 2.24) is 15.6 Å². The summed E-state index contributed by atoms with van der Waals surface area (Å²) in [5, 5.41) is 6.30. The van der Waals surface area contributed by atoms with Crippen molar-refractivity contribution >= 4 is 23.4 Å². The topological polar surface area (TPSA) is 71.1 Å². The van der Waals surface area contributed by atoms with E-state index in [1.54, 1.807) is 18.3 Å². The summed E-state index contributed by atoms with van der Waals surface area (Å²) in [5.74, 6) is -0.375. The van der Waals surface area contributed by atoms with Crippen molar-refractivity contribution in [3.05, 3.63) is 64.9 Å². The third-order valence-corrected chi connectivity index (χ3v) is 4.21. The number of benzene rings is 1. The summed E-state index contributed by atoms with van der Waals surface area (Å²) in [6.45, 7) is 3.83. The number of nitrogens with one attached hydrogen (secondary N) is 2. The first-order valence-corrected chi connectivity index (χ1v) is 9.12. The Bertz CT molecular complexity index is 720. The Balaban J connectivity index is 1.95. The van der Waals surface area contributed by atoms with Crippen LogP contribution in [-0.4, -0.2) is 22.8 Å². The Labute approximate surface area is 159 Å². The third-order valence-electron chi connectivity index (χ3n) is 3.99. The van der Waals surface area contributed by atoms with E-state index < -0.39 is 6.04 Å². The van der Waals surface area contributed by atoms with Crippen LogP contribution in [-0.2, 0) is 16.0 Å². The van der Waals surface area contributed by atoms with Crippen molar-refractivity contribution in [3.63, 3.8) is 0 Å². The van der Waals surface area contributed by atoms with Crippen LogP contribution in [0.4, 0.5) is 0 Å². The standard InChI is InChI=1S/C20H24ClN3O2/c1-3-7-18(24-19(25)12-15-8-5-4-6-9-15)20(26)23-14(2)17-11-10-16(21)13-22-17/h4-6,8-11,13-14,18H,3,7,12H2,1-2H3,(H,23,26)(H,24,25)/t14-,18-/m1/s1. The van der Waals surface area contributed by atoms with Crippen LogP contribution in [0.5, 0.6) is 0 Å². The molecule has 0 radical (unpaired) electrons. The van der Waals surface area contributed by atoms with Crippen LogP contribution in [0.3, 0.4) is 0 Å². The van der Waals surface area contributed by atoms with Gasteiger partial charge in [0.25, 0.3) is 0 Å². The highest BCUT2D eigenvalue weighted by Gasteiger charge is 2.22. The van der Waals surface area contributed by atoms with Crippen molar-refractivity contribution in [2.24, 2.45) is 0 Å². The van der Waals surface area contributed by atoms with E-state index in [4.69, 9.17) is 11.6 Å². The summed E-state index contributed by atoms with van der Waals surface area (Å²) in [5.41, 5.74) is 1.63. The molecule has 1 heterocycles. The number of halogens is 1. The molecular weight excluding hydrogens is 350 g/mol. The maximum absolute atomic E-state index is 12.6. The number of pyridine rings is 1. The van der Waals surface area contributed by atoms with Crippen molar-refractivity contribution in [3.8, 4) is 0 Å². The van der Waals surface area contributed by atoms with Crippen molar-refractivity contribution in [1.29, 1.82) is 0 Å². The lowest BCUT2D eigenvalue weighted by molar-refractivity contribution is -0.129. The average molecular weight is 374 g/mol. The van der Waals surface area contributed by atoms with Gasteiger partial charge in [-0.1, -0.05) is 55.3 Å². The SMILES string of the molecule is CCC[C@@H](NC(=O)Cc1ccccc1)C(=O)N[C@H](C)c1ccc(Cl)cn1. The Hall–Kier alpha value is -2.40. The van der Waals surface area contributed by atoms with Gasteiger partial charge in [-0.3, -0.25) is 14.6 Å². The number of amides is 2. The van der Waals surface area contributed by atoms with Gasteiger partial charge in [0.15, 0.2) is 0 Å². The molecule has 2 N–H and O–H groups in total. The minimum absolute atomic E-state index is 0.165. The normalized spacial score (nSPS) is 12.9. The quantitative estimate of drug-likeness (QED) is 0.744. The maximum Gasteiger partial charge on any atom is 0.243 e. The van der Waals surface area contributed by atoms with Gasteiger partial charge >= 0.3 is 0 Å². The lowest BCUT2D eigenvalue weighted by Crippen LogP contribution is -2.47. The highest BCUT2D eigenvalue weighted by Crippen LogP contribution is 2.13. The van der Waals surface area contributed by atoms with Crippen LogP contribution in [0.1, 0.15) is 44.0 Å². The number of aromatic nitrogens is 1. The number of rotatable bonds is 8. The molecule has 1 aromatic heterocycles. The fourth-order valence-corrected chi connectivity index (χ4v) is 2.73. The lowest BCUT2D eigenvalue weighted by atomic mass is 10.1. The molecule has 0 aliphatic carbocycles. The summed E-state index contributed by atoms with van der Waals surface area (Å²) in [6.07, 6.45) is 3.16. The lowest BCUT2D eigenvalue weighted by Gasteiger charge is -2.21. The van der Waals surface area contributed by atoms with Crippen LogP contribution in [0.2, 0.25) is 5.02 Å². The Morgan fingerprint density at radius 2 is 1.85 bits per heavy atom. The van der Waals surface area contributed by atoms with E-state index >= 15 is 0 Å². The molecule has 0 saturated heterocycles. The van der Waals surface area contributed by atoms with Crippen molar-refractivity contribution in [2.45, 2.75) is 45.2 Å². The molecule has 26 heavy (non-hydrogen) atoms. The number of hydrogen-bond donors (Lipinski definition) is 2. The van der Waals surface area contributed by atoms with E-state index in [1.165, 1.54) is 0 Å². The van der Waals surface area contributed by atoms with Gasteiger partial charge in [-0.05, 0) is 31.0 Å². The van der Waals surface area contributed by atoms with Crippen LogP contribution in [0.25, 0.3) is 0 Å². The number of hydrogen-bond acceptors (Lipinski definition) is 3.